The standard InChI is InChI=1S/C27H26ClFN4O3S/c1-16-5-8-20(28)13-24(16)33-25(31-32-27(33)37-15-18-6-9-21(29)10-7-18)17(2)30-26(34)19-11-22(35-3)14-23(12-19)36-4/h5-14,17H,15H2,1-4H3,(H,30,34). The Morgan fingerprint density at radius 3 is 2.38 bits per heavy atom. The molecule has 0 saturated heterocycles. The maximum Gasteiger partial charge on any atom is 0.252 e. The van der Waals surface area contributed by atoms with Gasteiger partial charge in [0.05, 0.1) is 25.9 Å². The molecule has 1 amide bonds. The number of methoxy groups -OCH3 is 2. The second-order valence-corrected chi connectivity index (χ2v) is 9.70. The van der Waals surface area contributed by atoms with E-state index >= 15 is 0 Å². The van der Waals surface area contributed by atoms with Gasteiger partial charge in [-0.05, 0) is 61.4 Å². The van der Waals surface area contributed by atoms with Gasteiger partial charge >= 0.3 is 0 Å². The fraction of sp³-hybridized carbons (Fsp3) is 0.222. The molecule has 1 heterocycles. The summed E-state index contributed by atoms with van der Waals surface area (Å²) < 4.78 is 25.8. The summed E-state index contributed by atoms with van der Waals surface area (Å²) >= 11 is 7.79. The van der Waals surface area contributed by atoms with E-state index in [9.17, 15) is 9.18 Å². The Labute approximate surface area is 224 Å². The van der Waals surface area contributed by atoms with E-state index in [0.29, 0.717) is 38.8 Å². The van der Waals surface area contributed by atoms with Crippen LogP contribution in [0.5, 0.6) is 11.5 Å². The molecule has 0 aliphatic carbocycles. The molecule has 0 spiro atoms. The molecule has 4 aromatic rings. The van der Waals surface area contributed by atoms with Gasteiger partial charge in [-0.25, -0.2) is 4.39 Å². The average molecular weight is 541 g/mol. The van der Waals surface area contributed by atoms with Gasteiger partial charge in [0.1, 0.15) is 17.3 Å². The average Bonchev–Trinajstić information content (AvgIpc) is 3.33. The summed E-state index contributed by atoms with van der Waals surface area (Å²) in [5.74, 6) is 1.51. The number of nitrogens with zero attached hydrogens (tertiary/aromatic N) is 3. The van der Waals surface area contributed by atoms with Gasteiger partial charge in [-0.15, -0.1) is 10.2 Å². The Kier molecular flexibility index (Phi) is 8.35. The Bertz CT molecular complexity index is 1390. The molecule has 1 aromatic heterocycles. The molecule has 0 fully saturated rings. The maximum atomic E-state index is 13.3. The van der Waals surface area contributed by atoms with Crippen molar-refractivity contribution in [1.29, 1.82) is 0 Å². The molecule has 0 saturated carbocycles. The van der Waals surface area contributed by atoms with Crippen LogP contribution in [0.3, 0.4) is 0 Å². The topological polar surface area (TPSA) is 78.3 Å². The van der Waals surface area contributed by atoms with Crippen molar-refractivity contribution in [3.05, 3.63) is 94.0 Å². The minimum Gasteiger partial charge on any atom is -0.497 e. The zero-order valence-corrected chi connectivity index (χ0v) is 22.4. The van der Waals surface area contributed by atoms with Crippen molar-refractivity contribution in [1.82, 2.24) is 20.1 Å². The van der Waals surface area contributed by atoms with Crippen LogP contribution in [0.4, 0.5) is 4.39 Å². The molecule has 37 heavy (non-hydrogen) atoms. The number of carbonyl (C=O) groups is 1. The van der Waals surface area contributed by atoms with Crippen LogP contribution < -0.4 is 14.8 Å². The Hall–Kier alpha value is -3.56. The summed E-state index contributed by atoms with van der Waals surface area (Å²) in [6.07, 6.45) is 0. The van der Waals surface area contributed by atoms with Crippen LogP contribution in [0, 0.1) is 12.7 Å². The first-order valence-corrected chi connectivity index (χ1v) is 12.8. The van der Waals surface area contributed by atoms with Crippen molar-refractivity contribution < 1.29 is 18.7 Å². The highest BCUT2D eigenvalue weighted by atomic mass is 35.5. The Balaban J connectivity index is 1.66. The van der Waals surface area contributed by atoms with Crippen molar-refractivity contribution in [3.63, 3.8) is 0 Å². The molecule has 0 radical (unpaired) electrons. The number of aromatic nitrogens is 3. The third-order valence-electron chi connectivity index (χ3n) is 5.70. The molecule has 1 atom stereocenters. The van der Waals surface area contributed by atoms with Crippen molar-refractivity contribution in [3.8, 4) is 17.2 Å². The molecule has 0 aliphatic rings. The van der Waals surface area contributed by atoms with Crippen LogP contribution in [0.2, 0.25) is 5.02 Å². The lowest BCUT2D eigenvalue weighted by Gasteiger charge is -2.18. The van der Waals surface area contributed by atoms with Crippen molar-refractivity contribution in [2.45, 2.75) is 30.8 Å². The van der Waals surface area contributed by atoms with E-state index in [4.69, 9.17) is 21.1 Å². The lowest BCUT2D eigenvalue weighted by atomic mass is 10.1. The minimum atomic E-state index is -0.504. The molecular weight excluding hydrogens is 515 g/mol. The Morgan fingerprint density at radius 1 is 1.05 bits per heavy atom. The predicted octanol–water partition coefficient (Wildman–Crippen LogP) is 6.17. The van der Waals surface area contributed by atoms with Gasteiger partial charge in [0, 0.05) is 22.4 Å². The first-order valence-electron chi connectivity index (χ1n) is 11.4. The maximum absolute atomic E-state index is 13.3. The molecule has 1 N–H and O–H groups in total. The molecule has 0 aliphatic heterocycles. The number of nitrogens with one attached hydrogen (secondary N) is 1. The monoisotopic (exact) mass is 540 g/mol. The van der Waals surface area contributed by atoms with Crippen molar-refractivity contribution in [2.24, 2.45) is 0 Å². The third-order valence-corrected chi connectivity index (χ3v) is 6.94. The summed E-state index contributed by atoms with van der Waals surface area (Å²) in [7, 11) is 3.06. The van der Waals surface area contributed by atoms with Crippen molar-refractivity contribution >= 4 is 29.3 Å². The summed E-state index contributed by atoms with van der Waals surface area (Å²) in [4.78, 5) is 13.1. The third kappa shape index (κ3) is 6.23. The van der Waals surface area contributed by atoms with Crippen LogP contribution >= 0.6 is 23.4 Å². The lowest BCUT2D eigenvalue weighted by molar-refractivity contribution is 0.0937. The summed E-state index contributed by atoms with van der Waals surface area (Å²) in [5, 5.41) is 13.0. The van der Waals surface area contributed by atoms with Gasteiger partial charge < -0.3 is 14.8 Å². The molecule has 4 rings (SSSR count). The largest absolute Gasteiger partial charge is 0.497 e. The van der Waals surface area contributed by atoms with Crippen LogP contribution in [-0.4, -0.2) is 34.9 Å². The number of carbonyl (C=O) groups excluding carboxylic acids is 1. The lowest BCUT2D eigenvalue weighted by Crippen LogP contribution is -2.28. The number of hydrogen-bond donors (Lipinski definition) is 1. The van der Waals surface area contributed by atoms with E-state index in [1.165, 1.54) is 38.1 Å². The highest BCUT2D eigenvalue weighted by Crippen LogP contribution is 2.31. The molecule has 7 nitrogen and oxygen atoms in total. The second-order valence-electron chi connectivity index (χ2n) is 8.32. The molecule has 1 unspecified atom stereocenters. The molecule has 192 valence electrons. The number of ether oxygens (including phenoxy) is 2. The van der Waals surface area contributed by atoms with E-state index in [-0.39, 0.29) is 11.7 Å². The fourth-order valence-corrected chi connectivity index (χ4v) is 4.79. The second kappa shape index (κ2) is 11.7. The fourth-order valence-electron chi connectivity index (χ4n) is 3.72. The zero-order chi connectivity index (χ0) is 26.5. The first kappa shape index (κ1) is 26.5. The number of hydrogen-bond acceptors (Lipinski definition) is 6. The van der Waals surface area contributed by atoms with E-state index in [0.717, 1.165) is 16.8 Å². The van der Waals surface area contributed by atoms with Gasteiger partial charge in [0.15, 0.2) is 11.0 Å². The van der Waals surface area contributed by atoms with Crippen LogP contribution in [-0.2, 0) is 5.75 Å². The van der Waals surface area contributed by atoms with Crippen LogP contribution in [0.15, 0.2) is 65.8 Å². The highest BCUT2D eigenvalue weighted by Gasteiger charge is 2.23. The number of thioether (sulfide) groups is 1. The number of aryl methyl sites for hydroxylation is 1. The van der Waals surface area contributed by atoms with E-state index in [1.807, 2.05) is 36.6 Å². The molecular formula is C27H26ClFN4O3S. The Morgan fingerprint density at radius 2 is 1.73 bits per heavy atom. The number of rotatable bonds is 9. The van der Waals surface area contributed by atoms with Crippen molar-refractivity contribution in [2.75, 3.05) is 14.2 Å². The van der Waals surface area contributed by atoms with E-state index in [2.05, 4.69) is 15.5 Å². The van der Waals surface area contributed by atoms with Gasteiger partial charge in [0.2, 0.25) is 0 Å². The highest BCUT2D eigenvalue weighted by molar-refractivity contribution is 7.98. The summed E-state index contributed by atoms with van der Waals surface area (Å²) in [5.41, 5.74) is 3.10. The predicted molar refractivity (Wildman–Crippen MR) is 142 cm³/mol. The number of halogens is 2. The smallest absolute Gasteiger partial charge is 0.252 e. The van der Waals surface area contributed by atoms with Crippen LogP contribution in [0.1, 0.15) is 40.3 Å². The summed E-state index contributed by atoms with van der Waals surface area (Å²) in [6.45, 7) is 3.81. The van der Waals surface area contributed by atoms with E-state index in [1.54, 1.807) is 30.3 Å². The van der Waals surface area contributed by atoms with Crippen LogP contribution in [0.25, 0.3) is 5.69 Å². The first-order chi connectivity index (χ1) is 17.8. The molecule has 0 bridgehead atoms. The van der Waals surface area contributed by atoms with Gasteiger partial charge in [-0.2, -0.15) is 0 Å². The quantitative estimate of drug-likeness (QED) is 0.256. The normalized spacial score (nSPS) is 11.7. The summed E-state index contributed by atoms with van der Waals surface area (Å²) in [6, 6.07) is 16.4. The van der Waals surface area contributed by atoms with Gasteiger partial charge in [-0.1, -0.05) is 41.6 Å². The minimum absolute atomic E-state index is 0.285. The van der Waals surface area contributed by atoms with Gasteiger partial charge in [-0.3, -0.25) is 9.36 Å². The SMILES string of the molecule is COc1cc(OC)cc(C(=O)NC(C)c2nnc(SCc3ccc(F)cc3)n2-c2cc(Cl)ccc2C)c1. The van der Waals surface area contributed by atoms with Gasteiger partial charge in [0.25, 0.3) is 5.91 Å². The molecule has 3 aromatic carbocycles. The number of benzene rings is 3. The number of amides is 1. The molecule has 10 heteroatoms. The van der Waals surface area contributed by atoms with E-state index < -0.39 is 6.04 Å². The zero-order valence-electron chi connectivity index (χ0n) is 20.8.